The van der Waals surface area contributed by atoms with E-state index in [0.29, 0.717) is 11.8 Å². The van der Waals surface area contributed by atoms with Gasteiger partial charge in [0, 0.05) is 81.7 Å². The fourth-order valence-corrected chi connectivity index (χ4v) is 31.5. The van der Waals surface area contributed by atoms with Crippen LogP contribution in [0.1, 0.15) is 168 Å². The van der Waals surface area contributed by atoms with Crippen LogP contribution in [-0.4, -0.2) is 35.5 Å². The van der Waals surface area contributed by atoms with Crippen molar-refractivity contribution in [2.75, 3.05) is 0 Å². The second-order valence-electron chi connectivity index (χ2n) is 23.9. The molecule has 440 valence electrons. The lowest BCUT2D eigenvalue weighted by molar-refractivity contribution is 0.452. The average molecular weight is 1300 g/mol. The molecule has 0 amide bonds. The SMILES string of the molecule is CCCCC(CC)Cc1ccc(-c2ccc(-c3cnc(-c4cc5c(s4)-c4sc6cc(-c7ncc(-c8ccc(-c9ccc(CC(CC)CCCC)s9)s8)c8nsnc78)sc6c4[Si]5(CC(CC)CCCC)CC(CC)CCCC)c4nsnc34)s2)s1. The lowest BCUT2D eigenvalue weighted by Gasteiger charge is -2.36. The highest BCUT2D eigenvalue weighted by molar-refractivity contribution is 7.39. The van der Waals surface area contributed by atoms with E-state index in [4.69, 9.17) is 27.5 Å². The molecule has 16 heteroatoms. The smallest absolute Gasteiger partial charge is 0.132 e. The van der Waals surface area contributed by atoms with Gasteiger partial charge in [0.15, 0.2) is 0 Å². The minimum absolute atomic E-state index is 0.678. The first-order valence-electron chi connectivity index (χ1n) is 31.5. The van der Waals surface area contributed by atoms with E-state index in [2.05, 4.69) is 128 Å². The summed E-state index contributed by atoms with van der Waals surface area (Å²) in [5.41, 5.74) is 7.93. The topological polar surface area (TPSA) is 77.3 Å². The van der Waals surface area contributed by atoms with Crippen molar-refractivity contribution in [3.05, 3.63) is 82.8 Å². The number of unbranched alkanes of at least 4 members (excludes halogenated alkanes) is 4. The third-order valence-corrected chi connectivity index (χ3v) is 33.9. The van der Waals surface area contributed by atoms with Crippen molar-refractivity contribution in [1.29, 1.82) is 0 Å². The van der Waals surface area contributed by atoms with Gasteiger partial charge in [-0.15, -0.1) is 79.4 Å². The van der Waals surface area contributed by atoms with Crippen LogP contribution in [0.15, 0.2) is 73.1 Å². The molecule has 12 rings (SSSR count). The molecule has 0 aliphatic carbocycles. The Morgan fingerprint density at radius 2 is 0.833 bits per heavy atom. The molecule has 4 atom stereocenters. The van der Waals surface area contributed by atoms with Gasteiger partial charge in [-0.2, -0.15) is 17.5 Å². The van der Waals surface area contributed by atoms with Gasteiger partial charge in [0.25, 0.3) is 0 Å². The van der Waals surface area contributed by atoms with E-state index in [1.807, 2.05) is 79.4 Å². The zero-order valence-electron chi connectivity index (χ0n) is 50.2. The summed E-state index contributed by atoms with van der Waals surface area (Å²) in [6.45, 7) is 19.0. The second-order valence-corrected chi connectivity index (χ2v) is 36.6. The number of thiophene rings is 7. The zero-order valence-corrected chi connectivity index (χ0v) is 58.6. The molecule has 0 saturated heterocycles. The van der Waals surface area contributed by atoms with Crippen LogP contribution in [0.2, 0.25) is 12.1 Å². The van der Waals surface area contributed by atoms with Crippen LogP contribution < -0.4 is 10.4 Å². The molecule has 0 N–H and O–H groups in total. The van der Waals surface area contributed by atoms with Gasteiger partial charge < -0.3 is 0 Å². The van der Waals surface area contributed by atoms with Crippen molar-refractivity contribution >= 4 is 153 Å². The van der Waals surface area contributed by atoms with Crippen LogP contribution in [-0.2, 0) is 12.8 Å². The van der Waals surface area contributed by atoms with Crippen molar-refractivity contribution in [2.24, 2.45) is 23.7 Å². The van der Waals surface area contributed by atoms with Crippen molar-refractivity contribution < 1.29 is 0 Å². The predicted molar refractivity (Wildman–Crippen MR) is 380 cm³/mol. The average Bonchev–Trinajstić information content (AvgIpc) is 1.58. The summed E-state index contributed by atoms with van der Waals surface area (Å²) in [6, 6.07) is 26.3. The first kappa shape index (κ1) is 60.6. The van der Waals surface area contributed by atoms with Crippen molar-refractivity contribution in [3.63, 3.8) is 0 Å². The summed E-state index contributed by atoms with van der Waals surface area (Å²) in [5.74, 6) is 2.89. The maximum absolute atomic E-state index is 5.42. The Morgan fingerprint density at radius 1 is 0.405 bits per heavy atom. The van der Waals surface area contributed by atoms with Crippen molar-refractivity contribution in [3.8, 4) is 71.3 Å². The highest BCUT2D eigenvalue weighted by Gasteiger charge is 2.51. The molecule has 0 bridgehead atoms. The van der Waals surface area contributed by atoms with Gasteiger partial charge in [0.2, 0.25) is 0 Å². The summed E-state index contributed by atoms with van der Waals surface area (Å²) < 4.78 is 23.1. The maximum Gasteiger partial charge on any atom is 0.132 e. The van der Waals surface area contributed by atoms with Crippen LogP contribution in [0.25, 0.3) is 103 Å². The number of pyridine rings is 2. The summed E-state index contributed by atoms with van der Waals surface area (Å²) in [7, 11) is -2.42. The fourth-order valence-electron chi connectivity index (χ4n) is 13.3. The summed E-state index contributed by atoms with van der Waals surface area (Å²) in [5, 5.41) is 3.40. The Bertz CT molecular complexity index is 3950. The van der Waals surface area contributed by atoms with Gasteiger partial charge in [0.1, 0.15) is 41.5 Å². The lowest BCUT2D eigenvalue weighted by Crippen LogP contribution is -2.57. The first-order chi connectivity index (χ1) is 41.2. The molecule has 0 aromatic carbocycles. The van der Waals surface area contributed by atoms with Gasteiger partial charge in [-0.05, 0) is 120 Å². The lowest BCUT2D eigenvalue weighted by atomic mass is 9.95. The Balaban J connectivity index is 0.902. The largest absolute Gasteiger partial charge is 0.252 e. The molecule has 1 aliphatic heterocycles. The molecule has 6 nitrogen and oxygen atoms in total. The molecule has 0 fully saturated rings. The van der Waals surface area contributed by atoms with Crippen LogP contribution in [0.5, 0.6) is 0 Å². The van der Waals surface area contributed by atoms with E-state index < -0.39 is 8.07 Å². The highest BCUT2D eigenvalue weighted by Crippen LogP contribution is 2.53. The minimum atomic E-state index is -2.42. The van der Waals surface area contributed by atoms with E-state index in [9.17, 15) is 0 Å². The standard InChI is InChI=1S/C68H80N6S9Si/c1-9-17-21-41(13-5)33-45-25-27-51(75-45)53-31-29-49(77-53)47-37-69-61(63-59(47)71-82-73-63)55-35-57-65(79-55)68-67(81-57)66-58(84(68,39-43(15-7)23-19-11-3)40-44(16-8)24-20-12-4)36-56(80-66)62-64-60(72-83-74-64)48(38-70-62)50-30-32-54(78-50)52-28-26-46(76-52)34-42(14-6)22-18-10-2/h25-32,35-38,41-44H,9-24,33-34,39-40H2,1-8H3. The Kier molecular flexibility index (Phi) is 19.7. The van der Waals surface area contributed by atoms with E-state index in [-0.39, 0.29) is 0 Å². The summed E-state index contributed by atoms with van der Waals surface area (Å²) in [6.07, 6.45) is 27.0. The number of hydrogen-bond acceptors (Lipinski definition) is 15. The molecular weight excluding hydrogens is 1220 g/mol. The molecule has 84 heavy (non-hydrogen) atoms. The molecule has 0 spiro atoms. The van der Waals surface area contributed by atoms with Gasteiger partial charge in [0.05, 0.1) is 33.2 Å². The fraction of sp³-hybridized carbons (Fsp3) is 0.471. The number of nitrogens with zero attached hydrogens (tertiary/aromatic N) is 6. The molecule has 4 unspecified atom stereocenters. The van der Waals surface area contributed by atoms with Gasteiger partial charge in [-0.25, -0.2) is 0 Å². The van der Waals surface area contributed by atoms with E-state index in [0.717, 1.165) is 56.4 Å². The van der Waals surface area contributed by atoms with Crippen LogP contribution in [0, 0.1) is 23.7 Å². The number of aromatic nitrogens is 6. The molecule has 0 saturated carbocycles. The molecule has 12 heterocycles. The molecule has 1 aliphatic rings. The van der Waals surface area contributed by atoms with E-state index in [1.54, 1.807) is 10.4 Å². The number of fused-ring (bicyclic) bond motifs is 7. The number of rotatable bonds is 30. The predicted octanol–water partition coefficient (Wildman–Crippen LogP) is 23.6. The summed E-state index contributed by atoms with van der Waals surface area (Å²) in [4.78, 5) is 27.0. The second kappa shape index (κ2) is 27.4. The quantitative estimate of drug-likeness (QED) is 0.0418. The Labute approximate surface area is 536 Å². The van der Waals surface area contributed by atoms with Crippen LogP contribution in [0.4, 0.5) is 0 Å². The molecule has 11 aromatic rings. The van der Waals surface area contributed by atoms with Crippen molar-refractivity contribution in [1.82, 2.24) is 27.5 Å². The van der Waals surface area contributed by atoms with E-state index >= 15 is 0 Å². The Morgan fingerprint density at radius 3 is 1.31 bits per heavy atom. The normalized spacial score (nSPS) is 15.7. The first-order valence-corrected chi connectivity index (χ1v) is 41.1. The number of hydrogen-bond donors (Lipinski definition) is 0. The van der Waals surface area contributed by atoms with Crippen molar-refractivity contribution in [2.45, 2.75) is 183 Å². The summed E-state index contributed by atoms with van der Waals surface area (Å²) >= 11 is 16.3. The van der Waals surface area contributed by atoms with Gasteiger partial charge in [-0.1, -0.05) is 158 Å². The van der Waals surface area contributed by atoms with Gasteiger partial charge in [-0.3, -0.25) is 9.97 Å². The van der Waals surface area contributed by atoms with Gasteiger partial charge >= 0.3 is 0 Å². The molecule has 0 radical (unpaired) electrons. The molecule has 11 aromatic heterocycles. The Hall–Kier alpha value is -3.68. The zero-order chi connectivity index (χ0) is 57.9. The van der Waals surface area contributed by atoms with E-state index in [1.165, 1.54) is 219 Å². The molecular formula is C68H80N6S9Si. The highest BCUT2D eigenvalue weighted by atomic mass is 32.1. The maximum atomic E-state index is 5.42. The third kappa shape index (κ3) is 12.1. The van der Waals surface area contributed by atoms with Crippen LogP contribution >= 0.6 is 103 Å². The monoisotopic (exact) mass is 1300 g/mol. The third-order valence-electron chi connectivity index (χ3n) is 18.3. The minimum Gasteiger partial charge on any atom is -0.252 e. The van der Waals surface area contributed by atoms with Crippen LogP contribution in [0.3, 0.4) is 0 Å².